The van der Waals surface area contributed by atoms with Gasteiger partial charge in [0.2, 0.25) is 5.91 Å². The summed E-state index contributed by atoms with van der Waals surface area (Å²) in [6, 6.07) is 11.7. The number of aryl methyl sites for hydroxylation is 2. The topological polar surface area (TPSA) is 85.9 Å². The molecule has 2 N–H and O–H groups in total. The minimum atomic E-state index is -0.555. The molecule has 33 heavy (non-hydrogen) atoms. The van der Waals surface area contributed by atoms with E-state index in [1.54, 1.807) is 0 Å². The molecule has 0 heterocycles. The molecule has 2 aromatic carbocycles. The summed E-state index contributed by atoms with van der Waals surface area (Å²) in [5.74, 6) is -0.209. The van der Waals surface area contributed by atoms with Crippen LogP contribution in [0.3, 0.4) is 0 Å². The van der Waals surface area contributed by atoms with E-state index in [-0.39, 0.29) is 12.5 Å². The SMILES string of the molecule is Cc1cc(-c2ccc(NC(=O)OC(C)(C)C)c(C)c2)ccc1NC(=O)COCCOCCBr. The van der Waals surface area contributed by atoms with Gasteiger partial charge in [0, 0.05) is 16.7 Å². The van der Waals surface area contributed by atoms with Crippen LogP contribution < -0.4 is 10.6 Å². The molecule has 2 aromatic rings. The van der Waals surface area contributed by atoms with Crippen LogP contribution in [-0.2, 0) is 19.0 Å². The Kier molecular flexibility index (Phi) is 10.3. The first-order chi connectivity index (χ1) is 15.6. The number of carbonyl (C=O) groups excluding carboxylic acids is 2. The van der Waals surface area contributed by atoms with Crippen molar-refractivity contribution in [3.8, 4) is 11.1 Å². The Morgan fingerprint density at radius 1 is 0.848 bits per heavy atom. The van der Waals surface area contributed by atoms with Crippen molar-refractivity contribution in [3.05, 3.63) is 47.5 Å². The van der Waals surface area contributed by atoms with Crippen molar-refractivity contribution >= 4 is 39.3 Å². The van der Waals surface area contributed by atoms with Crippen LogP contribution in [0.1, 0.15) is 31.9 Å². The highest BCUT2D eigenvalue weighted by atomic mass is 79.9. The number of alkyl halides is 1. The lowest BCUT2D eigenvalue weighted by atomic mass is 10.00. The fourth-order valence-corrected chi connectivity index (χ4v) is 3.24. The minimum Gasteiger partial charge on any atom is -0.444 e. The first-order valence-electron chi connectivity index (χ1n) is 10.8. The third-order valence-electron chi connectivity index (χ3n) is 4.52. The molecule has 180 valence electrons. The van der Waals surface area contributed by atoms with Crippen LogP contribution in [0.2, 0.25) is 0 Å². The molecule has 0 bridgehead atoms. The zero-order valence-electron chi connectivity index (χ0n) is 19.9. The van der Waals surface area contributed by atoms with Crippen LogP contribution in [0, 0.1) is 13.8 Å². The number of amides is 2. The molecule has 0 unspecified atom stereocenters. The smallest absolute Gasteiger partial charge is 0.412 e. The number of hydrogen-bond acceptors (Lipinski definition) is 5. The van der Waals surface area contributed by atoms with Crippen molar-refractivity contribution < 1.29 is 23.8 Å². The number of ether oxygens (including phenoxy) is 3. The molecule has 0 aliphatic rings. The van der Waals surface area contributed by atoms with E-state index in [4.69, 9.17) is 14.2 Å². The molecular formula is C25H33BrN2O5. The summed E-state index contributed by atoms with van der Waals surface area (Å²) < 4.78 is 15.9. The van der Waals surface area contributed by atoms with Gasteiger partial charge >= 0.3 is 6.09 Å². The maximum atomic E-state index is 12.1. The Bertz CT molecular complexity index is 956. The third kappa shape index (κ3) is 9.53. The maximum Gasteiger partial charge on any atom is 0.412 e. The minimum absolute atomic E-state index is 0.0236. The maximum absolute atomic E-state index is 12.1. The summed E-state index contributed by atoms with van der Waals surface area (Å²) in [4.78, 5) is 24.2. The average molecular weight is 521 g/mol. The summed E-state index contributed by atoms with van der Waals surface area (Å²) in [6.07, 6.45) is -0.482. The van der Waals surface area contributed by atoms with Gasteiger partial charge in [0.05, 0.1) is 19.8 Å². The van der Waals surface area contributed by atoms with Gasteiger partial charge in [-0.1, -0.05) is 28.1 Å². The summed E-state index contributed by atoms with van der Waals surface area (Å²) in [5.41, 5.74) is 4.77. The van der Waals surface area contributed by atoms with E-state index in [2.05, 4.69) is 26.6 Å². The Balaban J connectivity index is 1.96. The van der Waals surface area contributed by atoms with Crippen molar-refractivity contribution in [1.82, 2.24) is 0 Å². The highest BCUT2D eigenvalue weighted by molar-refractivity contribution is 9.09. The molecule has 0 atom stereocenters. The molecule has 2 rings (SSSR count). The predicted molar refractivity (Wildman–Crippen MR) is 135 cm³/mol. The molecular weight excluding hydrogens is 488 g/mol. The summed E-state index contributed by atoms with van der Waals surface area (Å²) in [7, 11) is 0. The first-order valence-corrected chi connectivity index (χ1v) is 11.9. The molecule has 2 amide bonds. The Hall–Kier alpha value is -2.42. The summed E-state index contributed by atoms with van der Waals surface area (Å²) in [5, 5.41) is 6.44. The zero-order chi connectivity index (χ0) is 24.4. The Morgan fingerprint density at radius 2 is 1.39 bits per heavy atom. The van der Waals surface area contributed by atoms with Crippen LogP contribution in [0.5, 0.6) is 0 Å². The van der Waals surface area contributed by atoms with E-state index in [1.807, 2.05) is 71.0 Å². The lowest BCUT2D eigenvalue weighted by Crippen LogP contribution is -2.27. The van der Waals surface area contributed by atoms with Gasteiger partial charge in [0.1, 0.15) is 12.2 Å². The fourth-order valence-electron chi connectivity index (χ4n) is 3.01. The summed E-state index contributed by atoms with van der Waals surface area (Å²) in [6.45, 7) is 10.8. The van der Waals surface area contributed by atoms with Gasteiger partial charge in [-0.3, -0.25) is 10.1 Å². The van der Waals surface area contributed by atoms with Gasteiger partial charge in [-0.2, -0.15) is 0 Å². The third-order valence-corrected chi connectivity index (χ3v) is 4.85. The van der Waals surface area contributed by atoms with Crippen LogP contribution in [0.4, 0.5) is 16.2 Å². The van der Waals surface area contributed by atoms with Gasteiger partial charge in [-0.05, 0) is 81.1 Å². The monoisotopic (exact) mass is 520 g/mol. The van der Waals surface area contributed by atoms with E-state index >= 15 is 0 Å². The molecule has 0 aliphatic carbocycles. The normalized spacial score (nSPS) is 11.2. The Morgan fingerprint density at radius 3 is 1.91 bits per heavy atom. The quantitative estimate of drug-likeness (QED) is 0.310. The van der Waals surface area contributed by atoms with Gasteiger partial charge in [0.15, 0.2) is 0 Å². The number of benzene rings is 2. The van der Waals surface area contributed by atoms with Crippen molar-refractivity contribution in [2.45, 2.75) is 40.2 Å². The largest absolute Gasteiger partial charge is 0.444 e. The number of halogens is 1. The summed E-state index contributed by atoms with van der Waals surface area (Å²) >= 11 is 3.28. The molecule has 0 saturated heterocycles. The number of anilines is 2. The number of carbonyl (C=O) groups is 2. The predicted octanol–water partition coefficient (Wildman–Crippen LogP) is 5.68. The van der Waals surface area contributed by atoms with Crippen molar-refractivity contribution in [2.75, 3.05) is 42.4 Å². The van der Waals surface area contributed by atoms with Gasteiger partial charge < -0.3 is 19.5 Å². The lowest BCUT2D eigenvalue weighted by Gasteiger charge is -2.20. The van der Waals surface area contributed by atoms with E-state index < -0.39 is 11.7 Å². The van der Waals surface area contributed by atoms with Gasteiger partial charge in [0.25, 0.3) is 0 Å². The highest BCUT2D eigenvalue weighted by Gasteiger charge is 2.17. The zero-order valence-corrected chi connectivity index (χ0v) is 21.5. The fraction of sp³-hybridized carbons (Fsp3) is 0.440. The van der Waals surface area contributed by atoms with Crippen molar-refractivity contribution in [2.24, 2.45) is 0 Å². The second-order valence-corrected chi connectivity index (χ2v) is 9.38. The number of hydrogen-bond donors (Lipinski definition) is 2. The standard InChI is InChI=1S/C25H33BrN2O5/c1-17-14-19(6-8-21(17)27-23(29)16-32-13-12-31-11-10-26)20-7-9-22(18(2)15-20)28-24(30)33-25(3,4)5/h6-9,14-15H,10-13,16H2,1-5H3,(H,27,29)(H,28,30). The number of nitrogens with one attached hydrogen (secondary N) is 2. The lowest BCUT2D eigenvalue weighted by molar-refractivity contribution is -0.121. The van der Waals surface area contributed by atoms with E-state index in [1.165, 1.54) is 0 Å². The molecule has 0 spiro atoms. The van der Waals surface area contributed by atoms with Gasteiger partial charge in [-0.25, -0.2) is 4.79 Å². The Labute approximate surface area is 204 Å². The van der Waals surface area contributed by atoms with Crippen molar-refractivity contribution in [3.63, 3.8) is 0 Å². The molecule has 8 heteroatoms. The highest BCUT2D eigenvalue weighted by Crippen LogP contribution is 2.28. The van der Waals surface area contributed by atoms with Crippen LogP contribution in [0.15, 0.2) is 36.4 Å². The molecule has 0 aromatic heterocycles. The van der Waals surface area contributed by atoms with Crippen molar-refractivity contribution in [1.29, 1.82) is 0 Å². The van der Waals surface area contributed by atoms with Crippen LogP contribution in [0.25, 0.3) is 11.1 Å². The van der Waals surface area contributed by atoms with E-state index in [0.717, 1.165) is 33.3 Å². The van der Waals surface area contributed by atoms with Gasteiger partial charge in [-0.15, -0.1) is 0 Å². The van der Waals surface area contributed by atoms with Crippen LogP contribution in [-0.4, -0.2) is 49.4 Å². The average Bonchev–Trinajstić information content (AvgIpc) is 2.72. The van der Waals surface area contributed by atoms with Crippen LogP contribution >= 0.6 is 15.9 Å². The second kappa shape index (κ2) is 12.7. The molecule has 0 saturated carbocycles. The van der Waals surface area contributed by atoms with E-state index in [9.17, 15) is 9.59 Å². The first kappa shape index (κ1) is 26.8. The number of rotatable bonds is 10. The van der Waals surface area contributed by atoms with E-state index in [0.29, 0.717) is 25.5 Å². The molecule has 0 radical (unpaired) electrons. The molecule has 7 nitrogen and oxygen atoms in total. The molecule has 0 fully saturated rings. The molecule has 0 aliphatic heterocycles. The second-order valence-electron chi connectivity index (χ2n) is 8.59.